The molecule has 2 atom stereocenters. The van der Waals surface area contributed by atoms with Crippen LogP contribution in [0.2, 0.25) is 5.02 Å². The minimum absolute atomic E-state index is 0.0804. The molecule has 2 fully saturated rings. The van der Waals surface area contributed by atoms with Crippen LogP contribution in [0.3, 0.4) is 0 Å². The largest absolute Gasteiger partial charge is 0.467 e. The van der Waals surface area contributed by atoms with E-state index in [0.717, 1.165) is 59.5 Å². The Balaban J connectivity index is 1.08. The van der Waals surface area contributed by atoms with Crippen molar-refractivity contribution in [1.82, 2.24) is 14.9 Å². The van der Waals surface area contributed by atoms with Crippen LogP contribution in [0.4, 0.5) is 0 Å². The molecule has 43 heavy (non-hydrogen) atoms. The number of rotatable bonds is 11. The van der Waals surface area contributed by atoms with Gasteiger partial charge in [0.05, 0.1) is 49.6 Å². The number of aliphatic hydroxyl groups is 1. The van der Waals surface area contributed by atoms with Crippen molar-refractivity contribution in [3.63, 3.8) is 0 Å². The third kappa shape index (κ3) is 7.03. The summed E-state index contributed by atoms with van der Waals surface area (Å²) in [6.45, 7) is 4.63. The molecule has 9 nitrogen and oxygen atoms in total. The molecule has 226 valence electrons. The Labute approximate surface area is 255 Å². The van der Waals surface area contributed by atoms with Crippen molar-refractivity contribution in [2.24, 2.45) is 5.92 Å². The summed E-state index contributed by atoms with van der Waals surface area (Å²) in [4.78, 5) is 22.1. The number of aromatic amines is 1. The van der Waals surface area contributed by atoms with Gasteiger partial charge in [0.25, 0.3) is 6.01 Å². The Kier molecular flexibility index (Phi) is 9.25. The van der Waals surface area contributed by atoms with E-state index in [1.165, 1.54) is 12.7 Å². The van der Waals surface area contributed by atoms with E-state index in [9.17, 15) is 4.79 Å². The second-order valence-electron chi connectivity index (χ2n) is 11.2. The number of esters is 1. The molecule has 2 N–H and O–H groups in total. The number of carbonyl (C=O) groups is 1. The van der Waals surface area contributed by atoms with Gasteiger partial charge in [0.1, 0.15) is 6.10 Å². The summed E-state index contributed by atoms with van der Waals surface area (Å²) in [6.07, 6.45) is 0.234. The SMILES string of the molecule is COC(=O)[C@@H]1C[C@H](Oc2nc3cc(-c4ccc(-c5ccc(CN6CC(COCCO)C6)cc5)cc4)c(Cl)cc3[nH]2)CCO1. The zero-order valence-corrected chi connectivity index (χ0v) is 24.9. The van der Waals surface area contributed by atoms with Crippen LogP contribution < -0.4 is 4.74 Å². The Morgan fingerprint density at radius 3 is 2.53 bits per heavy atom. The fourth-order valence-corrected chi connectivity index (χ4v) is 6.01. The topological polar surface area (TPSA) is 106 Å². The third-order valence-electron chi connectivity index (χ3n) is 8.04. The molecule has 6 rings (SSSR count). The number of fused-ring (bicyclic) bond motifs is 1. The predicted octanol–water partition coefficient (Wildman–Crippen LogP) is 5.09. The number of aromatic nitrogens is 2. The van der Waals surface area contributed by atoms with Crippen LogP contribution in [0.1, 0.15) is 18.4 Å². The van der Waals surface area contributed by atoms with Gasteiger partial charge in [-0.15, -0.1) is 0 Å². The number of benzene rings is 3. The number of carbonyl (C=O) groups excluding carboxylic acids is 1. The molecule has 4 aromatic rings. The van der Waals surface area contributed by atoms with Gasteiger partial charge in [-0.3, -0.25) is 4.90 Å². The molecule has 10 heteroatoms. The van der Waals surface area contributed by atoms with Gasteiger partial charge in [0, 0.05) is 44.0 Å². The number of ether oxygens (including phenoxy) is 4. The first-order valence-electron chi connectivity index (χ1n) is 14.6. The Morgan fingerprint density at radius 1 is 1.09 bits per heavy atom. The van der Waals surface area contributed by atoms with Crippen molar-refractivity contribution in [3.8, 4) is 28.3 Å². The molecule has 0 saturated carbocycles. The number of H-pyrrole nitrogens is 1. The first-order valence-corrected chi connectivity index (χ1v) is 15.0. The average Bonchev–Trinajstić information content (AvgIpc) is 3.40. The summed E-state index contributed by atoms with van der Waals surface area (Å²) >= 11 is 6.70. The first-order chi connectivity index (χ1) is 21.0. The smallest absolute Gasteiger partial charge is 0.335 e. The number of aliphatic hydroxyl groups excluding tert-OH is 1. The minimum Gasteiger partial charge on any atom is -0.467 e. The molecule has 0 bridgehead atoms. The number of imidazole rings is 1. The Morgan fingerprint density at radius 2 is 1.81 bits per heavy atom. The van der Waals surface area contributed by atoms with Gasteiger partial charge in [0.15, 0.2) is 6.10 Å². The molecule has 0 aliphatic carbocycles. The normalized spacial score (nSPS) is 19.3. The minimum atomic E-state index is -0.627. The average molecular weight is 606 g/mol. The van der Waals surface area contributed by atoms with Crippen LogP contribution in [0.5, 0.6) is 6.01 Å². The van der Waals surface area contributed by atoms with Gasteiger partial charge in [-0.05, 0) is 34.4 Å². The van der Waals surface area contributed by atoms with E-state index < -0.39 is 12.1 Å². The summed E-state index contributed by atoms with van der Waals surface area (Å²) in [6, 6.07) is 21.3. The monoisotopic (exact) mass is 605 g/mol. The lowest BCUT2D eigenvalue weighted by molar-refractivity contribution is -0.160. The highest BCUT2D eigenvalue weighted by molar-refractivity contribution is 6.34. The van der Waals surface area contributed by atoms with Crippen molar-refractivity contribution in [1.29, 1.82) is 0 Å². The van der Waals surface area contributed by atoms with Crippen LogP contribution in [-0.4, -0.2) is 84.8 Å². The van der Waals surface area contributed by atoms with E-state index in [1.54, 1.807) is 0 Å². The van der Waals surface area contributed by atoms with Gasteiger partial charge < -0.3 is 29.0 Å². The summed E-state index contributed by atoms with van der Waals surface area (Å²) < 4.78 is 21.8. The maximum atomic E-state index is 11.9. The molecule has 2 saturated heterocycles. The lowest BCUT2D eigenvalue weighted by Gasteiger charge is -2.39. The highest BCUT2D eigenvalue weighted by Crippen LogP contribution is 2.34. The second kappa shape index (κ2) is 13.4. The van der Waals surface area contributed by atoms with Crippen molar-refractivity contribution in [3.05, 3.63) is 71.2 Å². The number of nitrogens with zero attached hydrogens (tertiary/aromatic N) is 2. The van der Waals surface area contributed by atoms with Crippen LogP contribution in [0, 0.1) is 5.92 Å². The summed E-state index contributed by atoms with van der Waals surface area (Å²) in [5.41, 5.74) is 7.00. The molecular weight excluding hydrogens is 570 g/mol. The maximum absolute atomic E-state index is 11.9. The fraction of sp³-hybridized carbons (Fsp3) is 0.394. The summed E-state index contributed by atoms with van der Waals surface area (Å²) in [5.74, 6) is 0.164. The second-order valence-corrected chi connectivity index (χ2v) is 11.6. The van der Waals surface area contributed by atoms with Crippen molar-refractivity contribution < 1.29 is 28.8 Å². The van der Waals surface area contributed by atoms with Crippen molar-refractivity contribution in [2.45, 2.75) is 31.6 Å². The van der Waals surface area contributed by atoms with Gasteiger partial charge in [-0.25, -0.2) is 4.79 Å². The van der Waals surface area contributed by atoms with Gasteiger partial charge in [-0.2, -0.15) is 4.98 Å². The maximum Gasteiger partial charge on any atom is 0.335 e. The van der Waals surface area contributed by atoms with E-state index in [2.05, 4.69) is 63.4 Å². The fourth-order valence-electron chi connectivity index (χ4n) is 5.74. The highest BCUT2D eigenvalue weighted by atomic mass is 35.5. The standard InChI is InChI=1S/C33H36ClN3O6/c1-40-32(39)31-14-26(10-12-42-31)43-33-35-29-15-27(28(34)16-30(29)36-33)25-8-6-24(7-9-25)23-4-2-21(3-5-23)17-37-18-22(19-37)20-41-13-11-38/h2-9,15-16,22,26,31,38H,10-14,17-20H2,1H3,(H,35,36)/t26-,31+/m1/s1. The van der Waals surface area contributed by atoms with E-state index in [0.29, 0.717) is 43.0 Å². The van der Waals surface area contributed by atoms with Crippen LogP contribution in [0.25, 0.3) is 33.3 Å². The lowest BCUT2D eigenvalue weighted by atomic mass is 9.98. The molecular formula is C33H36ClN3O6. The van der Waals surface area contributed by atoms with E-state index in [4.69, 9.17) is 35.7 Å². The lowest BCUT2D eigenvalue weighted by Crippen LogP contribution is -2.48. The number of hydrogen-bond donors (Lipinski definition) is 2. The number of nitrogens with one attached hydrogen (secondary N) is 1. The molecule has 3 aromatic carbocycles. The Bertz CT molecular complexity index is 1540. The Hall–Kier alpha value is -3.47. The molecule has 0 unspecified atom stereocenters. The zero-order valence-electron chi connectivity index (χ0n) is 24.1. The molecule has 1 aromatic heterocycles. The number of hydrogen-bond acceptors (Lipinski definition) is 8. The summed E-state index contributed by atoms with van der Waals surface area (Å²) in [7, 11) is 1.35. The van der Waals surface area contributed by atoms with E-state index >= 15 is 0 Å². The van der Waals surface area contributed by atoms with Crippen molar-refractivity contribution >= 4 is 28.6 Å². The highest BCUT2D eigenvalue weighted by Gasteiger charge is 2.31. The van der Waals surface area contributed by atoms with Crippen LogP contribution in [-0.2, 0) is 25.5 Å². The zero-order chi connectivity index (χ0) is 29.8. The first kappa shape index (κ1) is 29.6. The quantitative estimate of drug-likeness (QED) is 0.180. The van der Waals surface area contributed by atoms with Gasteiger partial charge in [0.2, 0.25) is 0 Å². The van der Waals surface area contributed by atoms with E-state index in [1.807, 2.05) is 12.1 Å². The van der Waals surface area contributed by atoms with Crippen LogP contribution in [0.15, 0.2) is 60.7 Å². The van der Waals surface area contributed by atoms with Crippen molar-refractivity contribution in [2.75, 3.05) is 46.6 Å². The molecule has 3 heterocycles. The summed E-state index contributed by atoms with van der Waals surface area (Å²) in [5, 5.41) is 9.45. The molecule has 2 aliphatic rings. The number of methoxy groups -OCH3 is 1. The van der Waals surface area contributed by atoms with Gasteiger partial charge >= 0.3 is 5.97 Å². The van der Waals surface area contributed by atoms with E-state index in [-0.39, 0.29) is 12.7 Å². The molecule has 0 spiro atoms. The number of likely N-dealkylation sites (tertiary alicyclic amines) is 1. The van der Waals surface area contributed by atoms with Crippen LogP contribution >= 0.6 is 11.6 Å². The van der Waals surface area contributed by atoms with Gasteiger partial charge in [-0.1, -0.05) is 60.1 Å². The molecule has 2 aliphatic heterocycles. The third-order valence-corrected chi connectivity index (χ3v) is 8.35. The number of halogens is 1. The predicted molar refractivity (Wildman–Crippen MR) is 164 cm³/mol. The molecule has 0 amide bonds. The molecule has 0 radical (unpaired) electrons.